The van der Waals surface area contributed by atoms with Gasteiger partial charge in [-0.15, -0.1) is 0 Å². The van der Waals surface area contributed by atoms with Gasteiger partial charge in [-0.2, -0.15) is 11.8 Å². The third-order valence-electron chi connectivity index (χ3n) is 2.61. The van der Waals surface area contributed by atoms with Crippen LogP contribution in [0.2, 0.25) is 0 Å². The predicted octanol–water partition coefficient (Wildman–Crippen LogP) is 2.84. The maximum Gasteiger partial charge on any atom is 0.0244 e. The molecular weight excluding hydrogens is 246 g/mol. The number of nitrogens with zero attached hydrogens (tertiary/aromatic N) is 1. The molecule has 0 aromatic carbocycles. The molecule has 0 amide bonds. The van der Waals surface area contributed by atoms with Gasteiger partial charge in [0.2, 0.25) is 0 Å². The fraction of sp³-hybridized carbons (Fsp3) is 1.00. The van der Waals surface area contributed by atoms with Crippen LogP contribution in [0.5, 0.6) is 0 Å². The highest BCUT2D eigenvalue weighted by Gasteiger charge is 2.30. The Bertz CT molecular complexity index is 161. The van der Waals surface area contributed by atoms with E-state index in [2.05, 4.69) is 53.4 Å². The summed E-state index contributed by atoms with van der Waals surface area (Å²) < 4.78 is 0. The molecule has 1 fully saturated rings. The van der Waals surface area contributed by atoms with Crippen LogP contribution in [0.25, 0.3) is 0 Å². The number of halogens is 1. The lowest BCUT2D eigenvalue weighted by atomic mass is 10.0. The van der Waals surface area contributed by atoms with E-state index in [-0.39, 0.29) is 0 Å². The number of hydrogen-bond acceptors (Lipinski definition) is 2. The van der Waals surface area contributed by atoms with Crippen LogP contribution >= 0.6 is 27.7 Å². The van der Waals surface area contributed by atoms with Crippen molar-refractivity contribution in [3.8, 4) is 0 Å². The molecule has 0 aromatic heterocycles. The largest absolute Gasteiger partial charge is 0.296 e. The van der Waals surface area contributed by atoms with Gasteiger partial charge in [0.25, 0.3) is 0 Å². The summed E-state index contributed by atoms with van der Waals surface area (Å²) >= 11 is 5.63. The minimum absolute atomic E-state index is 0.402. The lowest BCUT2D eigenvalue weighted by molar-refractivity contribution is 0.128. The molecule has 3 heteroatoms. The van der Waals surface area contributed by atoms with E-state index in [0.717, 1.165) is 11.2 Å². The van der Waals surface area contributed by atoms with Crippen molar-refractivity contribution in [3.05, 3.63) is 0 Å². The van der Waals surface area contributed by atoms with E-state index >= 15 is 0 Å². The van der Waals surface area contributed by atoms with Gasteiger partial charge in [-0.1, -0.05) is 22.9 Å². The van der Waals surface area contributed by atoms with Crippen LogP contribution < -0.4 is 0 Å². The molecular formula is C10H20BrNS. The highest BCUT2D eigenvalue weighted by Crippen LogP contribution is 2.26. The van der Waals surface area contributed by atoms with Gasteiger partial charge < -0.3 is 0 Å². The Balaban J connectivity index is 2.46. The maximum absolute atomic E-state index is 3.55. The summed E-state index contributed by atoms with van der Waals surface area (Å²) in [4.78, 5) is 2.63. The van der Waals surface area contributed by atoms with Crippen LogP contribution in [0.15, 0.2) is 0 Å². The van der Waals surface area contributed by atoms with E-state index in [1.165, 1.54) is 24.6 Å². The summed E-state index contributed by atoms with van der Waals surface area (Å²) in [6.45, 7) is 9.53. The summed E-state index contributed by atoms with van der Waals surface area (Å²) in [5.74, 6) is 3.35. The maximum atomic E-state index is 3.55. The Hall–Kier alpha value is 0.790. The second-order valence-corrected chi connectivity index (χ2v) is 6.32. The number of hydrogen-bond donors (Lipinski definition) is 0. The minimum atomic E-state index is 0.402. The quantitative estimate of drug-likeness (QED) is 0.723. The van der Waals surface area contributed by atoms with Gasteiger partial charge in [0.1, 0.15) is 0 Å². The van der Waals surface area contributed by atoms with Crippen LogP contribution in [-0.2, 0) is 0 Å². The molecule has 78 valence electrons. The zero-order valence-corrected chi connectivity index (χ0v) is 11.2. The molecule has 0 saturated carbocycles. The molecule has 0 bridgehead atoms. The standard InChI is InChI=1S/C10H20BrNS/c1-9(6-11)7-12-4-5-13-8-10(12,2)3/h9H,4-8H2,1-3H3. The number of thioether (sulfide) groups is 1. The van der Waals surface area contributed by atoms with Crippen LogP contribution in [0.3, 0.4) is 0 Å². The molecule has 1 atom stereocenters. The molecule has 1 heterocycles. The van der Waals surface area contributed by atoms with E-state index in [4.69, 9.17) is 0 Å². The summed E-state index contributed by atoms with van der Waals surface area (Å²) in [5, 5.41) is 1.12. The topological polar surface area (TPSA) is 3.24 Å². The van der Waals surface area contributed by atoms with Crippen LogP contribution in [0.1, 0.15) is 20.8 Å². The second kappa shape index (κ2) is 5.04. The van der Waals surface area contributed by atoms with Crippen molar-refractivity contribution in [2.45, 2.75) is 26.3 Å². The molecule has 0 aromatic rings. The molecule has 0 N–H and O–H groups in total. The first-order chi connectivity index (χ1) is 6.06. The van der Waals surface area contributed by atoms with Crippen molar-refractivity contribution >= 4 is 27.7 Å². The number of rotatable bonds is 3. The van der Waals surface area contributed by atoms with E-state index < -0.39 is 0 Å². The Kier molecular flexibility index (Phi) is 4.59. The molecule has 1 unspecified atom stereocenters. The van der Waals surface area contributed by atoms with Gasteiger partial charge in [0, 0.05) is 35.5 Å². The summed E-state index contributed by atoms with van der Waals surface area (Å²) in [6, 6.07) is 0. The molecule has 13 heavy (non-hydrogen) atoms. The van der Waals surface area contributed by atoms with E-state index in [1.807, 2.05) is 0 Å². The fourth-order valence-electron chi connectivity index (χ4n) is 1.65. The summed E-state index contributed by atoms with van der Waals surface area (Å²) in [5.41, 5.74) is 0.402. The molecule has 1 aliphatic heterocycles. The van der Waals surface area contributed by atoms with Crippen molar-refractivity contribution in [1.29, 1.82) is 0 Å². The molecule has 0 radical (unpaired) electrons. The van der Waals surface area contributed by atoms with Crippen molar-refractivity contribution in [2.75, 3.05) is 29.9 Å². The van der Waals surface area contributed by atoms with Gasteiger partial charge in [-0.05, 0) is 19.8 Å². The van der Waals surface area contributed by atoms with Crippen molar-refractivity contribution in [2.24, 2.45) is 5.92 Å². The Morgan fingerprint density at radius 2 is 2.23 bits per heavy atom. The highest BCUT2D eigenvalue weighted by atomic mass is 79.9. The molecule has 0 spiro atoms. The highest BCUT2D eigenvalue weighted by molar-refractivity contribution is 9.09. The Morgan fingerprint density at radius 1 is 1.54 bits per heavy atom. The van der Waals surface area contributed by atoms with E-state index in [0.29, 0.717) is 5.54 Å². The zero-order valence-electron chi connectivity index (χ0n) is 8.85. The summed E-state index contributed by atoms with van der Waals surface area (Å²) in [7, 11) is 0. The lowest BCUT2D eigenvalue weighted by Gasteiger charge is -2.43. The Labute approximate surface area is 94.8 Å². The van der Waals surface area contributed by atoms with Crippen LogP contribution in [0.4, 0.5) is 0 Å². The SMILES string of the molecule is CC(CBr)CN1CCSCC1(C)C. The van der Waals surface area contributed by atoms with Crippen molar-refractivity contribution < 1.29 is 0 Å². The van der Waals surface area contributed by atoms with Crippen LogP contribution in [0, 0.1) is 5.92 Å². The van der Waals surface area contributed by atoms with Gasteiger partial charge >= 0.3 is 0 Å². The normalized spacial score (nSPS) is 25.8. The average Bonchev–Trinajstić information content (AvgIpc) is 2.08. The third kappa shape index (κ3) is 3.45. The van der Waals surface area contributed by atoms with E-state index in [9.17, 15) is 0 Å². The number of alkyl halides is 1. The minimum Gasteiger partial charge on any atom is -0.296 e. The predicted molar refractivity (Wildman–Crippen MR) is 65.9 cm³/mol. The first-order valence-corrected chi connectivity index (χ1v) is 7.22. The first kappa shape index (κ1) is 11.9. The second-order valence-electron chi connectivity index (χ2n) is 4.57. The smallest absolute Gasteiger partial charge is 0.0244 e. The van der Waals surface area contributed by atoms with Gasteiger partial charge in [0.15, 0.2) is 0 Å². The van der Waals surface area contributed by atoms with Gasteiger partial charge in [-0.3, -0.25) is 4.90 Å². The van der Waals surface area contributed by atoms with Gasteiger partial charge in [-0.25, -0.2) is 0 Å². The monoisotopic (exact) mass is 265 g/mol. The molecule has 1 saturated heterocycles. The Morgan fingerprint density at radius 3 is 2.77 bits per heavy atom. The van der Waals surface area contributed by atoms with Crippen molar-refractivity contribution in [1.82, 2.24) is 4.90 Å². The van der Waals surface area contributed by atoms with E-state index in [1.54, 1.807) is 0 Å². The molecule has 0 aliphatic carbocycles. The molecule has 1 rings (SSSR count). The zero-order chi connectivity index (χ0) is 9.90. The molecule has 1 aliphatic rings. The molecule has 1 nitrogen and oxygen atoms in total. The fourth-order valence-corrected chi connectivity index (χ4v) is 3.03. The van der Waals surface area contributed by atoms with Gasteiger partial charge in [0.05, 0.1) is 0 Å². The summed E-state index contributed by atoms with van der Waals surface area (Å²) in [6.07, 6.45) is 0. The van der Waals surface area contributed by atoms with Crippen LogP contribution in [-0.4, -0.2) is 40.4 Å². The van der Waals surface area contributed by atoms with Crippen molar-refractivity contribution in [3.63, 3.8) is 0 Å². The lowest BCUT2D eigenvalue weighted by Crippen LogP contribution is -2.51. The third-order valence-corrected chi connectivity index (χ3v) is 5.10. The average molecular weight is 266 g/mol. The first-order valence-electron chi connectivity index (χ1n) is 4.95.